The number of aryl methyl sites for hydroxylation is 1. The minimum atomic E-state index is -1.16. The Labute approximate surface area is 114 Å². The van der Waals surface area contributed by atoms with Crippen LogP contribution in [0.2, 0.25) is 5.15 Å². The fraction of sp³-hybridized carbons (Fsp3) is 0.600. The highest BCUT2D eigenvalue weighted by atomic mass is 35.5. The van der Waals surface area contributed by atoms with Gasteiger partial charge in [0.1, 0.15) is 5.15 Å². The lowest BCUT2D eigenvalue weighted by Gasteiger charge is -2.08. The van der Waals surface area contributed by atoms with Crippen molar-refractivity contribution in [2.24, 2.45) is 0 Å². The second-order valence-corrected chi connectivity index (χ2v) is 5.68. The third-order valence-electron chi connectivity index (χ3n) is 2.61. The van der Waals surface area contributed by atoms with E-state index in [4.69, 9.17) is 11.6 Å². The maximum Gasteiger partial charge on any atom is 0.219 e. The van der Waals surface area contributed by atoms with Crippen LogP contribution in [0.4, 0.5) is 0 Å². The number of hydrogen-bond donors (Lipinski definition) is 1. The molecule has 1 saturated heterocycles. The molecule has 4 nitrogen and oxygen atoms in total. The molecule has 7 heteroatoms. The first-order valence-corrected chi connectivity index (χ1v) is 6.97. The van der Waals surface area contributed by atoms with Crippen LogP contribution in [0.3, 0.4) is 0 Å². The Balaban J connectivity index is 0.00000144. The third kappa shape index (κ3) is 3.88. The molecule has 1 aromatic heterocycles. The molecule has 0 saturated carbocycles. The van der Waals surface area contributed by atoms with Gasteiger partial charge in [0, 0.05) is 23.6 Å². The smallest absolute Gasteiger partial charge is 0.219 e. The minimum Gasteiger partial charge on any atom is -0.313 e. The van der Waals surface area contributed by atoms with Crippen molar-refractivity contribution in [3.63, 3.8) is 0 Å². The molecular formula is C10H15Cl2N3OS. The fourth-order valence-corrected chi connectivity index (χ4v) is 3.01. The molecule has 2 unspecified atom stereocenters. The summed E-state index contributed by atoms with van der Waals surface area (Å²) in [5, 5.41) is 4.03. The summed E-state index contributed by atoms with van der Waals surface area (Å²) in [6.45, 7) is 2.84. The molecular weight excluding hydrogens is 281 g/mol. The Morgan fingerprint density at radius 1 is 1.65 bits per heavy atom. The molecule has 1 aromatic rings. The van der Waals surface area contributed by atoms with Gasteiger partial charge in [0.05, 0.1) is 10.8 Å². The van der Waals surface area contributed by atoms with Crippen LogP contribution in [0.25, 0.3) is 0 Å². The van der Waals surface area contributed by atoms with Crippen LogP contribution in [0.15, 0.2) is 11.4 Å². The number of aromatic nitrogens is 2. The van der Waals surface area contributed by atoms with Gasteiger partial charge in [-0.2, -0.15) is 0 Å². The summed E-state index contributed by atoms with van der Waals surface area (Å²) in [4.78, 5) is 8.10. The monoisotopic (exact) mass is 295 g/mol. The molecule has 1 N–H and O–H groups in total. The molecule has 0 amide bonds. The van der Waals surface area contributed by atoms with E-state index in [1.165, 1.54) is 0 Å². The van der Waals surface area contributed by atoms with E-state index >= 15 is 0 Å². The highest BCUT2D eigenvalue weighted by Crippen LogP contribution is 2.14. The van der Waals surface area contributed by atoms with E-state index in [0.29, 0.717) is 22.1 Å². The molecule has 1 aliphatic heterocycles. The zero-order valence-corrected chi connectivity index (χ0v) is 11.9. The highest BCUT2D eigenvalue weighted by molar-refractivity contribution is 7.84. The van der Waals surface area contributed by atoms with Crippen molar-refractivity contribution in [2.75, 3.05) is 12.3 Å². The van der Waals surface area contributed by atoms with E-state index in [0.717, 1.165) is 24.9 Å². The van der Waals surface area contributed by atoms with Gasteiger partial charge in [0.2, 0.25) is 5.16 Å². The lowest BCUT2D eigenvalue weighted by Crippen LogP contribution is -2.28. The van der Waals surface area contributed by atoms with E-state index in [9.17, 15) is 4.21 Å². The maximum absolute atomic E-state index is 12.0. The summed E-state index contributed by atoms with van der Waals surface area (Å²) in [6.07, 6.45) is 3.84. The number of nitrogens with one attached hydrogen (secondary N) is 1. The quantitative estimate of drug-likeness (QED) is 0.681. The van der Waals surface area contributed by atoms with Crippen molar-refractivity contribution < 1.29 is 4.21 Å². The lowest BCUT2D eigenvalue weighted by atomic mass is 10.3. The Bertz CT molecular complexity index is 411. The zero-order valence-electron chi connectivity index (χ0n) is 9.48. The molecule has 0 radical (unpaired) electrons. The van der Waals surface area contributed by atoms with Gasteiger partial charge in [0.25, 0.3) is 0 Å². The number of hydrogen-bond acceptors (Lipinski definition) is 4. The number of nitrogens with zero attached hydrogens (tertiary/aromatic N) is 2. The van der Waals surface area contributed by atoms with E-state index in [1.807, 2.05) is 6.92 Å². The van der Waals surface area contributed by atoms with Crippen LogP contribution in [0.1, 0.15) is 18.4 Å². The van der Waals surface area contributed by atoms with Crippen molar-refractivity contribution in [2.45, 2.75) is 31.0 Å². The van der Waals surface area contributed by atoms with E-state index in [-0.39, 0.29) is 12.4 Å². The average Bonchev–Trinajstić information content (AvgIpc) is 2.74. The van der Waals surface area contributed by atoms with Gasteiger partial charge in [-0.05, 0) is 26.3 Å². The third-order valence-corrected chi connectivity index (χ3v) is 4.30. The van der Waals surface area contributed by atoms with Gasteiger partial charge in [-0.1, -0.05) is 11.6 Å². The van der Waals surface area contributed by atoms with Crippen LogP contribution < -0.4 is 5.32 Å². The number of halogens is 2. The summed E-state index contributed by atoms with van der Waals surface area (Å²) in [5.74, 6) is 0.569. The van der Waals surface area contributed by atoms with E-state index in [2.05, 4.69) is 15.3 Å². The Morgan fingerprint density at radius 3 is 3.00 bits per heavy atom. The summed E-state index contributed by atoms with van der Waals surface area (Å²) >= 11 is 5.87. The molecule has 96 valence electrons. The maximum atomic E-state index is 12.0. The van der Waals surface area contributed by atoms with Crippen molar-refractivity contribution in [1.29, 1.82) is 0 Å². The summed E-state index contributed by atoms with van der Waals surface area (Å²) in [5.41, 5.74) is 0.807. The second kappa shape index (κ2) is 6.64. The first kappa shape index (κ1) is 14.8. The van der Waals surface area contributed by atoms with E-state index < -0.39 is 10.8 Å². The van der Waals surface area contributed by atoms with Gasteiger partial charge < -0.3 is 5.32 Å². The molecule has 1 aliphatic rings. The summed E-state index contributed by atoms with van der Waals surface area (Å²) in [7, 11) is -1.16. The van der Waals surface area contributed by atoms with Gasteiger partial charge in [0.15, 0.2) is 0 Å². The van der Waals surface area contributed by atoms with Crippen LogP contribution in [0.5, 0.6) is 0 Å². The average molecular weight is 296 g/mol. The van der Waals surface area contributed by atoms with Crippen LogP contribution in [-0.2, 0) is 10.8 Å². The van der Waals surface area contributed by atoms with Gasteiger partial charge in [-0.3, -0.25) is 4.21 Å². The van der Waals surface area contributed by atoms with Crippen molar-refractivity contribution in [3.05, 3.63) is 16.9 Å². The van der Waals surface area contributed by atoms with Crippen molar-refractivity contribution in [1.82, 2.24) is 15.3 Å². The summed E-state index contributed by atoms with van der Waals surface area (Å²) in [6, 6.07) is 0.324. The molecule has 2 rings (SSSR count). The minimum absolute atomic E-state index is 0. The first-order valence-electron chi connectivity index (χ1n) is 5.27. The first-order chi connectivity index (χ1) is 7.66. The van der Waals surface area contributed by atoms with Crippen molar-refractivity contribution >= 4 is 34.8 Å². The zero-order chi connectivity index (χ0) is 11.5. The standard InChI is InChI=1S/C10H14ClN3OS.ClH/c1-7-5-13-10(14-9(7)11)16(15)6-8-3-2-4-12-8;/h5,8,12H,2-4,6H2,1H3;1H. The van der Waals surface area contributed by atoms with Gasteiger partial charge >= 0.3 is 0 Å². The van der Waals surface area contributed by atoms with Crippen molar-refractivity contribution in [3.8, 4) is 0 Å². The van der Waals surface area contributed by atoms with Crippen LogP contribution in [-0.4, -0.2) is 32.5 Å². The molecule has 0 aromatic carbocycles. The lowest BCUT2D eigenvalue weighted by molar-refractivity contribution is 0.638. The molecule has 1 fully saturated rings. The van der Waals surface area contributed by atoms with Crippen LogP contribution in [0, 0.1) is 6.92 Å². The predicted octanol–water partition coefficient (Wildman–Crippen LogP) is 1.72. The SMILES string of the molecule is Cc1cnc(S(=O)CC2CCCN2)nc1Cl.Cl. The molecule has 0 bridgehead atoms. The molecule has 0 spiro atoms. The largest absolute Gasteiger partial charge is 0.313 e. The van der Waals surface area contributed by atoms with Gasteiger partial charge in [-0.25, -0.2) is 9.97 Å². The number of rotatable bonds is 3. The molecule has 2 heterocycles. The highest BCUT2D eigenvalue weighted by Gasteiger charge is 2.19. The predicted molar refractivity (Wildman–Crippen MR) is 71.3 cm³/mol. The van der Waals surface area contributed by atoms with Crippen LogP contribution >= 0.6 is 24.0 Å². The Morgan fingerprint density at radius 2 is 2.41 bits per heavy atom. The molecule has 2 atom stereocenters. The summed E-state index contributed by atoms with van der Waals surface area (Å²) < 4.78 is 12.0. The second-order valence-electron chi connectivity index (χ2n) is 3.93. The molecule has 0 aliphatic carbocycles. The Kier molecular flexibility index (Phi) is 5.79. The normalized spacial score (nSPS) is 20.9. The molecule has 17 heavy (non-hydrogen) atoms. The Hall–Kier alpha value is -0.230. The van der Waals surface area contributed by atoms with E-state index in [1.54, 1.807) is 6.20 Å². The van der Waals surface area contributed by atoms with Gasteiger partial charge in [-0.15, -0.1) is 12.4 Å². The fourth-order valence-electron chi connectivity index (χ4n) is 1.67. The topological polar surface area (TPSA) is 54.9 Å².